The summed E-state index contributed by atoms with van der Waals surface area (Å²) in [5.41, 5.74) is 9.03. The lowest BCUT2D eigenvalue weighted by molar-refractivity contribution is -0.128. The number of rotatable bonds is 18. The molecule has 2 unspecified atom stereocenters. The van der Waals surface area contributed by atoms with Crippen molar-refractivity contribution in [1.29, 1.82) is 0 Å². The zero-order valence-electron chi connectivity index (χ0n) is 24.7. The lowest BCUT2D eigenvalue weighted by Crippen LogP contribution is -2.43. The van der Waals surface area contributed by atoms with Crippen molar-refractivity contribution in [2.45, 2.75) is 97.8 Å². The Morgan fingerprint density at radius 2 is 1.95 bits per heavy atom. The van der Waals surface area contributed by atoms with Gasteiger partial charge in [-0.1, -0.05) is 46.8 Å². The number of aryl methyl sites for hydroxylation is 1. The van der Waals surface area contributed by atoms with Crippen molar-refractivity contribution in [3.05, 3.63) is 29.3 Å². The lowest BCUT2D eigenvalue weighted by Gasteiger charge is -2.30. The van der Waals surface area contributed by atoms with Gasteiger partial charge < -0.3 is 30.4 Å². The summed E-state index contributed by atoms with van der Waals surface area (Å²) in [6, 6.07) is 6.09. The standard InChI is InChI=1S/C31H54N2O5/c1-7-24-16-23(11-12-30(24)38-15-9-13-36-6)17-25(21(2)3)18-28(32)29(34)19-27(22(4)5)31(35)33-20-26-10-8-14-37-26/h11-12,16,21-22,25-29,34H,7-10,13-15,17-20,32H2,1-6H3,(H,33,35)/t25-,26-,27?,28-,29?/m0/s1. The van der Waals surface area contributed by atoms with Crippen LogP contribution in [0.5, 0.6) is 5.75 Å². The molecule has 1 aromatic rings. The summed E-state index contributed by atoms with van der Waals surface area (Å²) in [7, 11) is 1.70. The first kappa shape index (κ1) is 32.5. The number of hydrogen-bond donors (Lipinski definition) is 3. The zero-order chi connectivity index (χ0) is 28.1. The third-order valence-electron chi connectivity index (χ3n) is 7.93. The van der Waals surface area contributed by atoms with Crippen LogP contribution in [-0.4, -0.2) is 62.7 Å². The van der Waals surface area contributed by atoms with Crippen LogP contribution in [0, 0.1) is 23.7 Å². The van der Waals surface area contributed by atoms with Crippen molar-refractivity contribution in [1.82, 2.24) is 5.32 Å². The van der Waals surface area contributed by atoms with E-state index in [1.807, 2.05) is 13.8 Å². The first-order valence-corrected chi connectivity index (χ1v) is 14.7. The fourth-order valence-corrected chi connectivity index (χ4v) is 5.23. The molecule has 0 aliphatic carbocycles. The number of aliphatic hydroxyl groups is 1. The number of amides is 1. The van der Waals surface area contributed by atoms with E-state index in [9.17, 15) is 9.90 Å². The Labute approximate surface area is 231 Å². The highest BCUT2D eigenvalue weighted by Gasteiger charge is 2.30. The average molecular weight is 535 g/mol. The van der Waals surface area contributed by atoms with Gasteiger partial charge in [0.2, 0.25) is 5.91 Å². The van der Waals surface area contributed by atoms with Crippen molar-refractivity contribution in [3.8, 4) is 5.75 Å². The number of carbonyl (C=O) groups is 1. The maximum absolute atomic E-state index is 12.9. The van der Waals surface area contributed by atoms with Crippen LogP contribution in [0.4, 0.5) is 0 Å². The first-order chi connectivity index (χ1) is 18.2. The summed E-state index contributed by atoms with van der Waals surface area (Å²) in [5, 5.41) is 14.1. The van der Waals surface area contributed by atoms with Gasteiger partial charge in [0, 0.05) is 45.2 Å². The van der Waals surface area contributed by atoms with Crippen LogP contribution >= 0.6 is 0 Å². The molecule has 1 saturated heterocycles. The normalized spacial score (nSPS) is 18.9. The molecule has 4 N–H and O–H groups in total. The summed E-state index contributed by atoms with van der Waals surface area (Å²) in [6.07, 6.45) is 5.15. The number of aliphatic hydroxyl groups excluding tert-OH is 1. The van der Waals surface area contributed by atoms with Crippen molar-refractivity contribution in [3.63, 3.8) is 0 Å². The molecule has 5 atom stereocenters. The highest BCUT2D eigenvalue weighted by atomic mass is 16.5. The summed E-state index contributed by atoms with van der Waals surface area (Å²) in [6.45, 7) is 13.3. The maximum atomic E-state index is 12.9. The predicted octanol–water partition coefficient (Wildman–Crippen LogP) is 4.51. The van der Waals surface area contributed by atoms with Crippen molar-refractivity contribution >= 4 is 5.91 Å². The van der Waals surface area contributed by atoms with E-state index < -0.39 is 6.10 Å². The molecule has 1 heterocycles. The van der Waals surface area contributed by atoms with Gasteiger partial charge in [-0.25, -0.2) is 0 Å². The summed E-state index contributed by atoms with van der Waals surface area (Å²) < 4.78 is 16.7. The number of nitrogens with two attached hydrogens (primary N) is 1. The zero-order valence-corrected chi connectivity index (χ0v) is 24.7. The molecule has 7 nitrogen and oxygen atoms in total. The van der Waals surface area contributed by atoms with Gasteiger partial charge in [-0.05, 0) is 73.5 Å². The Morgan fingerprint density at radius 1 is 1.18 bits per heavy atom. The van der Waals surface area contributed by atoms with E-state index in [2.05, 4.69) is 44.3 Å². The second kappa shape index (κ2) is 17.1. The third-order valence-corrected chi connectivity index (χ3v) is 7.93. The number of methoxy groups -OCH3 is 1. The molecule has 1 aliphatic heterocycles. The number of hydrogen-bond acceptors (Lipinski definition) is 6. The molecule has 0 aromatic heterocycles. The summed E-state index contributed by atoms with van der Waals surface area (Å²) in [4.78, 5) is 12.9. The smallest absolute Gasteiger partial charge is 0.223 e. The van der Waals surface area contributed by atoms with E-state index in [0.29, 0.717) is 44.4 Å². The van der Waals surface area contributed by atoms with Crippen LogP contribution in [0.1, 0.15) is 77.8 Å². The number of benzene rings is 1. The fourth-order valence-electron chi connectivity index (χ4n) is 5.23. The number of ether oxygens (including phenoxy) is 3. The minimum absolute atomic E-state index is 0.0150. The quantitative estimate of drug-likeness (QED) is 0.239. The van der Waals surface area contributed by atoms with Gasteiger partial charge in [-0.2, -0.15) is 0 Å². The summed E-state index contributed by atoms with van der Waals surface area (Å²) >= 11 is 0. The Kier molecular flexibility index (Phi) is 14.7. The lowest BCUT2D eigenvalue weighted by atomic mass is 9.80. The molecule has 0 saturated carbocycles. The maximum Gasteiger partial charge on any atom is 0.223 e. The molecule has 1 aromatic carbocycles. The van der Waals surface area contributed by atoms with E-state index in [0.717, 1.165) is 44.5 Å². The molecule has 1 aliphatic rings. The molecular formula is C31H54N2O5. The Morgan fingerprint density at radius 3 is 2.55 bits per heavy atom. The first-order valence-electron chi connectivity index (χ1n) is 14.7. The number of carbonyl (C=O) groups excluding carboxylic acids is 1. The average Bonchev–Trinajstić information content (AvgIpc) is 3.41. The highest BCUT2D eigenvalue weighted by molar-refractivity contribution is 5.78. The van der Waals surface area contributed by atoms with Crippen molar-refractivity contribution in [2.24, 2.45) is 29.4 Å². The second-order valence-corrected chi connectivity index (χ2v) is 11.6. The summed E-state index contributed by atoms with van der Waals surface area (Å²) in [5.74, 6) is 1.50. The van der Waals surface area contributed by atoms with Crippen LogP contribution in [0.15, 0.2) is 18.2 Å². The van der Waals surface area contributed by atoms with Crippen molar-refractivity contribution in [2.75, 3.05) is 33.5 Å². The van der Waals surface area contributed by atoms with Gasteiger partial charge in [0.25, 0.3) is 0 Å². The van der Waals surface area contributed by atoms with E-state index >= 15 is 0 Å². The Bertz CT molecular complexity index is 809. The monoisotopic (exact) mass is 534 g/mol. The van der Waals surface area contributed by atoms with E-state index in [1.54, 1.807) is 7.11 Å². The van der Waals surface area contributed by atoms with Crippen LogP contribution in [-0.2, 0) is 27.1 Å². The van der Waals surface area contributed by atoms with Crippen LogP contribution in [0.2, 0.25) is 0 Å². The van der Waals surface area contributed by atoms with E-state index in [1.165, 1.54) is 11.1 Å². The fraction of sp³-hybridized carbons (Fsp3) is 0.774. The highest BCUT2D eigenvalue weighted by Crippen LogP contribution is 2.28. The van der Waals surface area contributed by atoms with Gasteiger partial charge in [-0.15, -0.1) is 0 Å². The van der Waals surface area contributed by atoms with Crippen LogP contribution < -0.4 is 15.8 Å². The minimum atomic E-state index is -0.730. The Balaban J connectivity index is 1.95. The second-order valence-electron chi connectivity index (χ2n) is 11.6. The molecule has 1 amide bonds. The minimum Gasteiger partial charge on any atom is -0.493 e. The molecule has 7 heteroatoms. The van der Waals surface area contributed by atoms with Gasteiger partial charge >= 0.3 is 0 Å². The largest absolute Gasteiger partial charge is 0.493 e. The molecule has 0 bridgehead atoms. The van der Waals surface area contributed by atoms with E-state index in [4.69, 9.17) is 19.9 Å². The SMILES string of the molecule is CCc1cc(C[C@@H](C[C@H](N)C(O)CC(C(=O)NC[C@@H]2CCCO2)C(C)C)C(C)C)ccc1OCCCOC. The van der Waals surface area contributed by atoms with Gasteiger partial charge in [0.05, 0.1) is 18.8 Å². The predicted molar refractivity (Wildman–Crippen MR) is 153 cm³/mol. The number of nitrogens with one attached hydrogen (secondary N) is 1. The third kappa shape index (κ3) is 10.8. The molecule has 2 rings (SSSR count). The van der Waals surface area contributed by atoms with E-state index in [-0.39, 0.29) is 29.9 Å². The molecule has 38 heavy (non-hydrogen) atoms. The van der Waals surface area contributed by atoms with Crippen LogP contribution in [0.3, 0.4) is 0 Å². The van der Waals surface area contributed by atoms with Gasteiger partial charge in [-0.3, -0.25) is 4.79 Å². The molecule has 1 fully saturated rings. The molecule has 0 spiro atoms. The van der Waals surface area contributed by atoms with Gasteiger partial charge in [0.1, 0.15) is 5.75 Å². The van der Waals surface area contributed by atoms with Crippen LogP contribution in [0.25, 0.3) is 0 Å². The topological polar surface area (TPSA) is 103 Å². The molecule has 0 radical (unpaired) electrons. The van der Waals surface area contributed by atoms with Crippen molar-refractivity contribution < 1.29 is 24.1 Å². The molecular weight excluding hydrogens is 480 g/mol. The van der Waals surface area contributed by atoms with Gasteiger partial charge in [0.15, 0.2) is 0 Å². The molecule has 218 valence electrons. The Hall–Kier alpha value is -1.67.